The van der Waals surface area contributed by atoms with E-state index in [1.165, 1.54) is 0 Å². The van der Waals surface area contributed by atoms with Crippen LogP contribution in [0.15, 0.2) is 110 Å². The summed E-state index contributed by atoms with van der Waals surface area (Å²) in [4.78, 5) is 9.54. The van der Waals surface area contributed by atoms with Gasteiger partial charge in [0.2, 0.25) is 0 Å². The second-order valence-corrected chi connectivity index (χ2v) is 22.7. The van der Waals surface area contributed by atoms with Gasteiger partial charge in [-0.2, -0.15) is 0 Å². The third-order valence-corrected chi connectivity index (χ3v) is 16.7. The molecule has 14 nitrogen and oxygen atoms in total. The van der Waals surface area contributed by atoms with Crippen molar-refractivity contribution in [2.75, 3.05) is 118 Å². The minimum Gasteiger partial charge on any atom is -0.507 e. The summed E-state index contributed by atoms with van der Waals surface area (Å²) in [7, 11) is 0. The number of nitrogens with zero attached hydrogens (tertiary/aromatic N) is 4. The van der Waals surface area contributed by atoms with E-state index in [2.05, 4.69) is 106 Å². The molecule has 432 valence electrons. The van der Waals surface area contributed by atoms with E-state index in [4.69, 9.17) is 28.4 Å². The van der Waals surface area contributed by atoms with Crippen molar-refractivity contribution in [3.63, 3.8) is 0 Å². The maximum Gasteiger partial charge on any atom is 0.126 e. The number of rotatable bonds is 14. The van der Waals surface area contributed by atoms with Gasteiger partial charge in [-0.25, -0.2) is 0 Å². The van der Waals surface area contributed by atoms with Gasteiger partial charge in [0.25, 0.3) is 0 Å². The van der Waals surface area contributed by atoms with Crippen LogP contribution in [0.3, 0.4) is 0 Å². The fourth-order valence-corrected chi connectivity index (χ4v) is 12.6. The molecular formula is C68H80N4O10. The van der Waals surface area contributed by atoms with Crippen molar-refractivity contribution in [1.29, 1.82) is 0 Å². The number of benzene rings is 6. The molecule has 4 N–H and O–H groups in total. The maximum atomic E-state index is 12.7. The zero-order valence-corrected chi connectivity index (χ0v) is 47.5. The van der Waals surface area contributed by atoms with Gasteiger partial charge in [-0.3, -0.25) is 19.6 Å². The molecule has 82 heavy (non-hydrogen) atoms. The molecule has 4 aliphatic heterocycles. The Labute approximate surface area is 483 Å². The monoisotopic (exact) mass is 1110 g/mol. The number of aromatic hydroxyl groups is 4. The van der Waals surface area contributed by atoms with Crippen molar-refractivity contribution in [2.24, 2.45) is 0 Å². The first kappa shape index (κ1) is 57.1. The molecule has 6 aromatic rings. The van der Waals surface area contributed by atoms with E-state index in [1.54, 1.807) is 12.2 Å². The van der Waals surface area contributed by atoms with Crippen LogP contribution < -0.4 is 9.47 Å². The first-order chi connectivity index (χ1) is 40.1. The molecule has 0 spiro atoms. The van der Waals surface area contributed by atoms with E-state index in [1.807, 2.05) is 12.1 Å². The minimum absolute atomic E-state index is 0.172. The van der Waals surface area contributed by atoms with Crippen molar-refractivity contribution >= 4 is 0 Å². The van der Waals surface area contributed by atoms with Gasteiger partial charge in [0.1, 0.15) is 47.7 Å². The third kappa shape index (κ3) is 14.0. The molecule has 0 saturated carbocycles. The van der Waals surface area contributed by atoms with E-state index in [9.17, 15) is 20.4 Å². The summed E-state index contributed by atoms with van der Waals surface area (Å²) >= 11 is 0. The Kier molecular flexibility index (Phi) is 18.9. The van der Waals surface area contributed by atoms with Crippen LogP contribution in [0.25, 0.3) is 0 Å². The summed E-state index contributed by atoms with van der Waals surface area (Å²) in [5.41, 5.74) is 13.6. The number of phenolic OH excluding ortho intramolecular Hbond substituents is 4. The van der Waals surface area contributed by atoms with E-state index in [0.717, 1.165) is 119 Å². The molecule has 11 rings (SSSR count). The molecule has 0 radical (unpaired) electrons. The summed E-state index contributed by atoms with van der Waals surface area (Å²) in [6.07, 6.45) is 5.44. The lowest BCUT2D eigenvalue weighted by molar-refractivity contribution is 0.0341. The molecule has 0 amide bonds. The molecule has 0 unspecified atom stereocenters. The van der Waals surface area contributed by atoms with E-state index in [-0.39, 0.29) is 49.1 Å². The SMILES string of the molecule is C=CCOc1c2cccc1Cc1cc(CN3CCOCC3)cc(c1O)Cc1cc(CN3CCOCC3)cc(c1O)Cc1cccc(c1OCC=C)Cc1cc(CN3CCOCC3)cc(c1O)Cc1cc(CN3CCOCC3)cc(c1O)C2. The molecule has 14 heteroatoms. The van der Waals surface area contributed by atoms with Crippen LogP contribution >= 0.6 is 0 Å². The van der Waals surface area contributed by atoms with Gasteiger partial charge >= 0.3 is 0 Å². The Morgan fingerprint density at radius 2 is 0.549 bits per heavy atom. The fourth-order valence-electron chi connectivity index (χ4n) is 12.6. The summed E-state index contributed by atoms with van der Waals surface area (Å²) in [5.74, 6) is 2.03. The van der Waals surface area contributed by atoms with Gasteiger partial charge in [0.15, 0.2) is 0 Å². The Hall–Kier alpha value is -6.72. The summed E-state index contributed by atoms with van der Waals surface area (Å²) < 4.78 is 36.3. The largest absolute Gasteiger partial charge is 0.507 e. The lowest BCUT2D eigenvalue weighted by atomic mass is 9.89. The molecule has 4 fully saturated rings. The molecule has 0 aromatic heterocycles. The number of hydrogen-bond donors (Lipinski definition) is 4. The lowest BCUT2D eigenvalue weighted by Gasteiger charge is -2.28. The molecule has 1 aliphatic carbocycles. The predicted octanol–water partition coefficient (Wildman–Crippen LogP) is 8.83. The lowest BCUT2D eigenvalue weighted by Crippen LogP contribution is -2.35. The quantitative estimate of drug-likeness (QED) is 0.0769. The van der Waals surface area contributed by atoms with Crippen molar-refractivity contribution in [1.82, 2.24) is 19.6 Å². The number of phenols is 4. The van der Waals surface area contributed by atoms with Crippen LogP contribution in [0.2, 0.25) is 0 Å². The van der Waals surface area contributed by atoms with Crippen LogP contribution in [-0.4, -0.2) is 158 Å². The minimum atomic E-state index is 0.172. The van der Waals surface area contributed by atoms with Crippen LogP contribution in [0, 0.1) is 0 Å². The van der Waals surface area contributed by atoms with E-state index < -0.39 is 0 Å². The molecule has 12 bridgehead atoms. The molecular weight excluding hydrogens is 1030 g/mol. The number of para-hydroxylation sites is 2. The molecule has 6 aromatic carbocycles. The topological polar surface area (TPSA) is 149 Å². The first-order valence-electron chi connectivity index (χ1n) is 29.4. The second-order valence-electron chi connectivity index (χ2n) is 22.7. The van der Waals surface area contributed by atoms with Crippen molar-refractivity contribution in [3.05, 3.63) is 199 Å². The van der Waals surface area contributed by atoms with E-state index >= 15 is 0 Å². The Bertz CT molecular complexity index is 2810. The van der Waals surface area contributed by atoms with Gasteiger partial charge in [-0.15, -0.1) is 0 Å². The highest BCUT2D eigenvalue weighted by Gasteiger charge is 2.26. The fraction of sp³-hybridized carbons (Fsp3) is 0.412. The summed E-state index contributed by atoms with van der Waals surface area (Å²) in [5, 5.41) is 50.7. The first-order valence-corrected chi connectivity index (χ1v) is 29.4. The number of ether oxygens (including phenoxy) is 6. The Morgan fingerprint density at radius 1 is 0.341 bits per heavy atom. The van der Waals surface area contributed by atoms with Crippen LogP contribution in [0.1, 0.15) is 89.0 Å². The molecule has 4 heterocycles. The van der Waals surface area contributed by atoms with Gasteiger partial charge in [-0.05, 0) is 89.0 Å². The van der Waals surface area contributed by atoms with Gasteiger partial charge in [-0.1, -0.05) is 110 Å². The molecule has 0 atom stereocenters. The zero-order chi connectivity index (χ0) is 56.4. The van der Waals surface area contributed by atoms with Crippen molar-refractivity contribution in [3.8, 4) is 34.5 Å². The smallest absolute Gasteiger partial charge is 0.126 e. The van der Waals surface area contributed by atoms with Gasteiger partial charge < -0.3 is 48.8 Å². The predicted molar refractivity (Wildman–Crippen MR) is 318 cm³/mol. The molecule has 5 aliphatic rings. The number of morpholine rings is 4. The van der Waals surface area contributed by atoms with Crippen molar-refractivity contribution < 1.29 is 48.8 Å². The van der Waals surface area contributed by atoms with Gasteiger partial charge in [0.05, 0.1) is 52.9 Å². The molecule has 4 saturated heterocycles. The summed E-state index contributed by atoms with van der Waals surface area (Å²) in [6.45, 7) is 22.8. The van der Waals surface area contributed by atoms with Gasteiger partial charge in [0, 0.05) is 117 Å². The number of fused-ring (bicyclic) bond motifs is 12. The van der Waals surface area contributed by atoms with Crippen LogP contribution in [0.4, 0.5) is 0 Å². The highest BCUT2D eigenvalue weighted by Crippen LogP contribution is 2.41. The third-order valence-electron chi connectivity index (χ3n) is 16.7. The average molecular weight is 1110 g/mol. The zero-order valence-electron chi connectivity index (χ0n) is 47.5. The Balaban J connectivity index is 1.10. The maximum absolute atomic E-state index is 12.7. The average Bonchev–Trinajstić information content (AvgIpc) is 3.58. The second kappa shape index (κ2) is 27.1. The number of hydrogen-bond acceptors (Lipinski definition) is 14. The van der Waals surface area contributed by atoms with Crippen LogP contribution in [0.5, 0.6) is 34.5 Å². The van der Waals surface area contributed by atoms with E-state index in [0.29, 0.717) is 138 Å². The van der Waals surface area contributed by atoms with Crippen LogP contribution in [-0.2, 0) is 83.7 Å². The highest BCUT2D eigenvalue weighted by molar-refractivity contribution is 5.58. The summed E-state index contributed by atoms with van der Waals surface area (Å²) in [6, 6.07) is 29.1. The standard InChI is InChI=1S/C68H80N4O10/c1-3-19-81-67-51-7-5-8-52(67)38-56-30-48(44-70-13-23-78-24-14-70)34-60(64(56)74)42-62-36-50(46-72-17-27-80-28-18-72)32-58(66(62)76)40-54-10-6-9-53(68(54)82-20-4-2)39-57-31-49(45-71-15-25-79-26-16-71)35-61(65(57)75)41-59-33-47(29-55(37-51)63(59)73)43-69-11-21-77-22-12-69/h3-10,29-36,73-76H,1-2,11-28,37-46H2. The highest BCUT2D eigenvalue weighted by atomic mass is 16.5. The van der Waals surface area contributed by atoms with Crippen molar-refractivity contribution in [2.45, 2.75) is 64.7 Å². The normalized spacial score (nSPS) is 17.9. The Morgan fingerprint density at radius 3 is 0.756 bits per heavy atom.